The number of hydrogen-bond donors (Lipinski definition) is 2. The molecule has 2 N–H and O–H groups in total. The van der Waals surface area contributed by atoms with Gasteiger partial charge in [0, 0.05) is 4.88 Å². The van der Waals surface area contributed by atoms with E-state index in [0.29, 0.717) is 17.3 Å². The van der Waals surface area contributed by atoms with Crippen LogP contribution in [0.5, 0.6) is 0 Å². The van der Waals surface area contributed by atoms with Crippen LogP contribution in [0.4, 0.5) is 0 Å². The normalized spacial score (nSPS) is 14.5. The van der Waals surface area contributed by atoms with Crippen molar-refractivity contribution in [2.45, 2.75) is 38.0 Å². The third-order valence-corrected chi connectivity index (χ3v) is 6.57. The number of aryl methyl sites for hydroxylation is 2. The lowest BCUT2D eigenvalue weighted by molar-refractivity contribution is -0.119. The molecule has 0 aromatic carbocycles. The van der Waals surface area contributed by atoms with Gasteiger partial charge in [0.1, 0.15) is 16.4 Å². The van der Waals surface area contributed by atoms with E-state index >= 15 is 0 Å². The van der Waals surface area contributed by atoms with Crippen LogP contribution in [0.25, 0.3) is 10.2 Å². The third kappa shape index (κ3) is 3.43. The van der Waals surface area contributed by atoms with Crippen LogP contribution in [0.1, 0.15) is 41.4 Å². The fourth-order valence-corrected chi connectivity index (χ4v) is 5.23. The second kappa shape index (κ2) is 7.28. The number of nitrogens with one attached hydrogen (secondary N) is 2. The average molecular weight is 390 g/mol. The Kier molecular flexibility index (Phi) is 4.86. The molecule has 1 amide bonds. The summed E-state index contributed by atoms with van der Waals surface area (Å²) in [6, 6.07) is 3.46. The van der Waals surface area contributed by atoms with Gasteiger partial charge in [-0.05, 0) is 43.9 Å². The Morgan fingerprint density at radius 2 is 2.38 bits per heavy atom. The average Bonchev–Trinajstić information content (AvgIpc) is 3.31. The van der Waals surface area contributed by atoms with Crippen LogP contribution in [-0.2, 0) is 23.4 Å². The molecule has 6 nitrogen and oxygen atoms in total. The van der Waals surface area contributed by atoms with Crippen LogP contribution in [0, 0.1) is 0 Å². The monoisotopic (exact) mass is 389 g/mol. The van der Waals surface area contributed by atoms with E-state index in [0.717, 1.165) is 35.2 Å². The third-order valence-electron chi connectivity index (χ3n) is 4.44. The Labute approximate surface area is 158 Å². The lowest BCUT2D eigenvalue weighted by Crippen LogP contribution is -2.28. The Bertz CT molecular complexity index is 991. The van der Waals surface area contributed by atoms with E-state index in [1.807, 2.05) is 13.0 Å². The first-order valence-corrected chi connectivity index (χ1v) is 10.5. The maximum atomic E-state index is 12.4. The van der Waals surface area contributed by atoms with E-state index < -0.39 is 0 Å². The largest absolute Gasteiger partial charge is 0.467 e. The number of aromatic amines is 1. The highest BCUT2D eigenvalue weighted by Crippen LogP contribution is 2.34. The Morgan fingerprint density at radius 3 is 3.19 bits per heavy atom. The highest BCUT2D eigenvalue weighted by Gasteiger charge is 2.21. The predicted molar refractivity (Wildman–Crippen MR) is 104 cm³/mol. The Morgan fingerprint density at radius 1 is 1.50 bits per heavy atom. The van der Waals surface area contributed by atoms with Crippen LogP contribution >= 0.6 is 23.1 Å². The summed E-state index contributed by atoms with van der Waals surface area (Å²) in [5.41, 5.74) is 1.13. The molecule has 3 heterocycles. The molecule has 0 aliphatic heterocycles. The van der Waals surface area contributed by atoms with Crippen molar-refractivity contribution in [3.63, 3.8) is 0 Å². The number of carbonyl (C=O) groups excluding carboxylic acids is 1. The molecule has 8 heteroatoms. The summed E-state index contributed by atoms with van der Waals surface area (Å²) in [7, 11) is 0. The van der Waals surface area contributed by atoms with Gasteiger partial charge in [0.05, 0.1) is 29.2 Å². The molecule has 1 atom stereocenters. The number of thioether (sulfide) groups is 1. The number of H-pyrrole nitrogens is 1. The lowest BCUT2D eigenvalue weighted by atomic mass is 10.2. The summed E-state index contributed by atoms with van der Waals surface area (Å²) in [5, 5.41) is 3.66. The number of thiophene rings is 1. The predicted octanol–water partition coefficient (Wildman–Crippen LogP) is 3.18. The van der Waals surface area contributed by atoms with Gasteiger partial charge in [0.2, 0.25) is 5.91 Å². The fourth-order valence-electron chi connectivity index (χ4n) is 3.25. The topological polar surface area (TPSA) is 88.0 Å². The van der Waals surface area contributed by atoms with Gasteiger partial charge in [0.15, 0.2) is 0 Å². The first kappa shape index (κ1) is 17.4. The fraction of sp³-hybridized carbons (Fsp3) is 0.389. The van der Waals surface area contributed by atoms with Gasteiger partial charge < -0.3 is 14.7 Å². The second-order valence-corrected chi connectivity index (χ2v) is 8.42. The van der Waals surface area contributed by atoms with Crippen molar-refractivity contribution in [1.82, 2.24) is 15.3 Å². The quantitative estimate of drug-likeness (QED) is 0.676. The molecule has 1 aliphatic carbocycles. The Balaban J connectivity index is 1.36. The van der Waals surface area contributed by atoms with E-state index in [9.17, 15) is 9.59 Å². The molecular formula is C18H19N3O3S2. The van der Waals surface area contributed by atoms with Gasteiger partial charge in [-0.2, -0.15) is 0 Å². The molecule has 0 spiro atoms. The summed E-state index contributed by atoms with van der Waals surface area (Å²) < 4.78 is 5.28. The lowest BCUT2D eigenvalue weighted by Gasteiger charge is -2.11. The minimum Gasteiger partial charge on any atom is -0.467 e. The standard InChI is InChI=1S/C18H19N3O3S2/c1-10(12-5-3-7-24-12)19-15(22)9-25-8-14-20-17(23)16-11-4-2-6-13(11)26-18(16)21-14/h3,5,7,10H,2,4,6,8-9H2,1H3,(H,19,22)(H,20,21,23). The van der Waals surface area contributed by atoms with Crippen LogP contribution < -0.4 is 10.9 Å². The molecule has 4 rings (SSSR count). The molecule has 0 fully saturated rings. The van der Waals surface area contributed by atoms with Crippen LogP contribution in [-0.4, -0.2) is 21.6 Å². The summed E-state index contributed by atoms with van der Waals surface area (Å²) >= 11 is 3.06. The van der Waals surface area contributed by atoms with Gasteiger partial charge in [-0.15, -0.1) is 23.1 Å². The summed E-state index contributed by atoms with van der Waals surface area (Å²) in [6.07, 6.45) is 4.74. The number of hydrogen-bond acceptors (Lipinski definition) is 6. The number of fused-ring (bicyclic) bond motifs is 3. The zero-order valence-corrected chi connectivity index (χ0v) is 16.0. The summed E-state index contributed by atoms with van der Waals surface area (Å²) in [4.78, 5) is 34.0. The van der Waals surface area contributed by atoms with Crippen molar-refractivity contribution in [2.24, 2.45) is 0 Å². The van der Waals surface area contributed by atoms with E-state index in [4.69, 9.17) is 4.42 Å². The highest BCUT2D eigenvalue weighted by molar-refractivity contribution is 7.99. The van der Waals surface area contributed by atoms with E-state index in [1.165, 1.54) is 22.2 Å². The maximum Gasteiger partial charge on any atom is 0.259 e. The van der Waals surface area contributed by atoms with Crippen molar-refractivity contribution in [1.29, 1.82) is 0 Å². The van der Waals surface area contributed by atoms with Gasteiger partial charge in [-0.1, -0.05) is 0 Å². The molecule has 3 aromatic heterocycles. The summed E-state index contributed by atoms with van der Waals surface area (Å²) in [6.45, 7) is 1.88. The molecule has 0 bridgehead atoms. The molecule has 136 valence electrons. The van der Waals surface area contributed by atoms with Crippen molar-refractivity contribution in [3.05, 3.63) is 50.8 Å². The first-order valence-electron chi connectivity index (χ1n) is 8.56. The molecular weight excluding hydrogens is 370 g/mol. The zero-order chi connectivity index (χ0) is 18.1. The number of nitrogens with zero attached hydrogens (tertiary/aromatic N) is 1. The molecule has 0 saturated heterocycles. The van der Waals surface area contributed by atoms with E-state index in [1.54, 1.807) is 23.7 Å². The number of rotatable bonds is 6. The maximum absolute atomic E-state index is 12.4. The smallest absolute Gasteiger partial charge is 0.259 e. The Hall–Kier alpha value is -2.06. The van der Waals surface area contributed by atoms with Gasteiger partial charge in [-0.3, -0.25) is 9.59 Å². The van der Waals surface area contributed by atoms with Crippen molar-refractivity contribution in [3.8, 4) is 0 Å². The first-order chi connectivity index (χ1) is 12.6. The van der Waals surface area contributed by atoms with Crippen LogP contribution in [0.2, 0.25) is 0 Å². The van der Waals surface area contributed by atoms with E-state index in [-0.39, 0.29) is 17.5 Å². The van der Waals surface area contributed by atoms with Crippen molar-refractivity contribution >= 4 is 39.2 Å². The second-order valence-electron chi connectivity index (χ2n) is 6.35. The van der Waals surface area contributed by atoms with Gasteiger partial charge in [0.25, 0.3) is 5.56 Å². The molecule has 1 unspecified atom stereocenters. The minimum absolute atomic E-state index is 0.0547. The molecule has 1 aliphatic rings. The molecule has 26 heavy (non-hydrogen) atoms. The SMILES string of the molecule is CC(NC(=O)CSCc1nc2sc3c(c2c(=O)[nH]1)CCC3)c1ccco1. The van der Waals surface area contributed by atoms with E-state index in [2.05, 4.69) is 15.3 Å². The van der Waals surface area contributed by atoms with Gasteiger partial charge >= 0.3 is 0 Å². The van der Waals surface area contributed by atoms with Gasteiger partial charge in [-0.25, -0.2) is 4.98 Å². The molecule has 3 aromatic rings. The number of furan rings is 1. The molecule has 0 saturated carbocycles. The number of carbonyl (C=O) groups is 1. The number of aromatic nitrogens is 2. The van der Waals surface area contributed by atoms with Crippen molar-refractivity contribution in [2.75, 3.05) is 5.75 Å². The van der Waals surface area contributed by atoms with Crippen molar-refractivity contribution < 1.29 is 9.21 Å². The zero-order valence-electron chi connectivity index (χ0n) is 14.3. The molecule has 0 radical (unpaired) electrons. The number of amides is 1. The highest BCUT2D eigenvalue weighted by atomic mass is 32.2. The summed E-state index contributed by atoms with van der Waals surface area (Å²) in [5.74, 6) is 2.08. The van der Waals surface area contributed by atoms with Crippen LogP contribution in [0.15, 0.2) is 27.6 Å². The minimum atomic E-state index is -0.166. The van der Waals surface area contributed by atoms with Crippen LogP contribution in [0.3, 0.4) is 0 Å².